The van der Waals surface area contributed by atoms with Gasteiger partial charge in [0, 0.05) is 12.8 Å². The topological polar surface area (TPSA) is 111 Å². The van der Waals surface area contributed by atoms with E-state index in [4.69, 9.17) is 0 Å². The molecule has 1 rings (SSSR count). The Bertz CT molecular complexity index is 371. The lowest BCUT2D eigenvalue weighted by atomic mass is 10.0. The maximum atomic E-state index is 11.8. The van der Waals surface area contributed by atoms with Crippen molar-refractivity contribution in [3.63, 3.8) is 0 Å². The standard InChI is InChI=1S/C12H18N2O6/c1-19-9(15)5-3-7-11(17)14-8(12(18)13-7)4-6-10(16)20-2/h7-8H,3-6H2,1-2H3,(H,13,18)(H,14,17)/t7-,8-/m0/s1. The number of ether oxygens (including phenoxy) is 2. The Morgan fingerprint density at radius 1 is 0.900 bits per heavy atom. The second-order valence-corrected chi connectivity index (χ2v) is 4.35. The number of rotatable bonds is 6. The van der Waals surface area contributed by atoms with Gasteiger partial charge in [0.05, 0.1) is 14.2 Å². The van der Waals surface area contributed by atoms with Gasteiger partial charge < -0.3 is 20.1 Å². The number of carbonyl (C=O) groups is 4. The zero-order valence-electron chi connectivity index (χ0n) is 11.4. The fraction of sp³-hybridized carbons (Fsp3) is 0.667. The summed E-state index contributed by atoms with van der Waals surface area (Å²) in [6.45, 7) is 0. The number of esters is 2. The zero-order valence-corrected chi connectivity index (χ0v) is 11.4. The van der Waals surface area contributed by atoms with Crippen molar-refractivity contribution in [3.05, 3.63) is 0 Å². The Balaban J connectivity index is 2.45. The van der Waals surface area contributed by atoms with E-state index >= 15 is 0 Å². The van der Waals surface area contributed by atoms with Crippen LogP contribution in [0.5, 0.6) is 0 Å². The number of hydrogen-bond donors (Lipinski definition) is 2. The van der Waals surface area contributed by atoms with Crippen molar-refractivity contribution in [3.8, 4) is 0 Å². The minimum Gasteiger partial charge on any atom is -0.469 e. The van der Waals surface area contributed by atoms with Crippen LogP contribution in [0.4, 0.5) is 0 Å². The predicted molar refractivity (Wildman–Crippen MR) is 66.4 cm³/mol. The highest BCUT2D eigenvalue weighted by atomic mass is 16.5. The number of amides is 2. The van der Waals surface area contributed by atoms with Crippen LogP contribution in [0.1, 0.15) is 25.7 Å². The zero-order chi connectivity index (χ0) is 15.1. The van der Waals surface area contributed by atoms with Crippen molar-refractivity contribution in [2.45, 2.75) is 37.8 Å². The summed E-state index contributed by atoms with van der Waals surface area (Å²) in [5, 5.41) is 5.05. The van der Waals surface area contributed by atoms with Crippen molar-refractivity contribution in [1.82, 2.24) is 10.6 Å². The van der Waals surface area contributed by atoms with Crippen molar-refractivity contribution in [2.24, 2.45) is 0 Å². The predicted octanol–water partition coefficient (Wildman–Crippen LogP) is -1.12. The Morgan fingerprint density at radius 3 is 1.55 bits per heavy atom. The largest absolute Gasteiger partial charge is 0.469 e. The number of nitrogens with one attached hydrogen (secondary N) is 2. The Labute approximate surface area is 116 Å². The van der Waals surface area contributed by atoms with Gasteiger partial charge in [-0.05, 0) is 12.8 Å². The summed E-state index contributed by atoms with van der Waals surface area (Å²) in [6, 6.07) is -1.51. The highest BCUT2D eigenvalue weighted by Gasteiger charge is 2.33. The van der Waals surface area contributed by atoms with Gasteiger partial charge in [-0.1, -0.05) is 0 Å². The average molecular weight is 286 g/mol. The van der Waals surface area contributed by atoms with E-state index in [1.807, 2.05) is 0 Å². The maximum absolute atomic E-state index is 11.8. The molecule has 0 bridgehead atoms. The smallest absolute Gasteiger partial charge is 0.305 e. The van der Waals surface area contributed by atoms with Gasteiger partial charge in [0.2, 0.25) is 11.8 Å². The molecule has 0 spiro atoms. The third-order valence-electron chi connectivity index (χ3n) is 3.00. The second kappa shape index (κ2) is 7.46. The first-order valence-electron chi connectivity index (χ1n) is 6.22. The summed E-state index contributed by atoms with van der Waals surface area (Å²) < 4.78 is 8.93. The van der Waals surface area contributed by atoms with Crippen LogP contribution in [0.15, 0.2) is 0 Å². The number of methoxy groups -OCH3 is 2. The summed E-state index contributed by atoms with van der Waals surface area (Å²) >= 11 is 0. The molecule has 0 unspecified atom stereocenters. The molecular weight excluding hydrogens is 268 g/mol. The van der Waals surface area contributed by atoms with Crippen LogP contribution in [0.25, 0.3) is 0 Å². The van der Waals surface area contributed by atoms with E-state index in [0.29, 0.717) is 0 Å². The molecule has 0 radical (unpaired) electrons. The summed E-state index contributed by atoms with van der Waals surface area (Å²) in [4.78, 5) is 45.5. The van der Waals surface area contributed by atoms with Gasteiger partial charge in [0.1, 0.15) is 12.1 Å². The molecule has 2 N–H and O–H groups in total. The van der Waals surface area contributed by atoms with Crippen molar-refractivity contribution >= 4 is 23.8 Å². The highest BCUT2D eigenvalue weighted by Crippen LogP contribution is 2.08. The molecule has 8 nitrogen and oxygen atoms in total. The van der Waals surface area contributed by atoms with E-state index in [2.05, 4.69) is 20.1 Å². The van der Waals surface area contributed by atoms with Crippen LogP contribution < -0.4 is 10.6 Å². The summed E-state index contributed by atoms with van der Waals surface area (Å²) in [5.74, 6) is -1.63. The molecule has 1 aliphatic rings. The number of hydrogen-bond acceptors (Lipinski definition) is 6. The van der Waals surface area contributed by atoms with Crippen LogP contribution in [-0.4, -0.2) is 50.1 Å². The Morgan fingerprint density at radius 2 is 1.25 bits per heavy atom. The molecule has 0 aromatic rings. The molecule has 2 atom stereocenters. The average Bonchev–Trinajstić information content (AvgIpc) is 2.45. The van der Waals surface area contributed by atoms with Crippen LogP contribution in [-0.2, 0) is 28.7 Å². The van der Waals surface area contributed by atoms with E-state index in [9.17, 15) is 19.2 Å². The SMILES string of the molecule is COC(=O)CC[C@@H]1NC(=O)[C@H](CCC(=O)OC)NC1=O. The van der Waals surface area contributed by atoms with E-state index in [-0.39, 0.29) is 37.5 Å². The number of carbonyl (C=O) groups excluding carboxylic acids is 4. The normalized spacial score (nSPS) is 21.7. The van der Waals surface area contributed by atoms with Gasteiger partial charge in [0.15, 0.2) is 0 Å². The minimum absolute atomic E-state index is 0.0433. The van der Waals surface area contributed by atoms with E-state index in [1.54, 1.807) is 0 Å². The van der Waals surface area contributed by atoms with E-state index in [1.165, 1.54) is 14.2 Å². The van der Waals surface area contributed by atoms with Crippen molar-refractivity contribution in [1.29, 1.82) is 0 Å². The van der Waals surface area contributed by atoms with Crippen molar-refractivity contribution < 1.29 is 28.7 Å². The van der Waals surface area contributed by atoms with Gasteiger partial charge >= 0.3 is 11.9 Å². The van der Waals surface area contributed by atoms with Gasteiger partial charge in [-0.2, -0.15) is 0 Å². The number of piperazine rings is 1. The van der Waals surface area contributed by atoms with Crippen LogP contribution in [0, 0.1) is 0 Å². The molecule has 20 heavy (non-hydrogen) atoms. The monoisotopic (exact) mass is 286 g/mol. The molecule has 1 aliphatic heterocycles. The lowest BCUT2D eigenvalue weighted by Crippen LogP contribution is -2.61. The molecule has 0 aromatic carbocycles. The summed E-state index contributed by atoms with van der Waals surface area (Å²) in [6.07, 6.45) is 0.436. The lowest BCUT2D eigenvalue weighted by Gasteiger charge is -2.29. The molecular formula is C12H18N2O6. The Hall–Kier alpha value is -2.12. The van der Waals surface area contributed by atoms with E-state index < -0.39 is 24.0 Å². The molecule has 8 heteroatoms. The molecule has 2 amide bonds. The molecule has 1 saturated heterocycles. The quantitative estimate of drug-likeness (QED) is 0.598. The first-order chi connectivity index (χ1) is 9.47. The first kappa shape index (κ1) is 15.9. The van der Waals surface area contributed by atoms with Gasteiger partial charge in [-0.15, -0.1) is 0 Å². The van der Waals surface area contributed by atoms with Crippen molar-refractivity contribution in [2.75, 3.05) is 14.2 Å². The molecule has 0 saturated carbocycles. The van der Waals surface area contributed by atoms with Gasteiger partial charge in [-0.25, -0.2) is 0 Å². The molecule has 1 fully saturated rings. The molecule has 0 aliphatic carbocycles. The maximum Gasteiger partial charge on any atom is 0.305 e. The van der Waals surface area contributed by atoms with Crippen LogP contribution in [0.2, 0.25) is 0 Å². The third kappa shape index (κ3) is 4.52. The van der Waals surface area contributed by atoms with Gasteiger partial charge in [-0.3, -0.25) is 19.2 Å². The minimum atomic E-state index is -0.754. The van der Waals surface area contributed by atoms with Crippen LogP contribution in [0.3, 0.4) is 0 Å². The van der Waals surface area contributed by atoms with Crippen LogP contribution >= 0.6 is 0 Å². The summed E-state index contributed by atoms with van der Waals surface area (Å²) in [5.41, 5.74) is 0. The fourth-order valence-electron chi connectivity index (χ4n) is 1.81. The second-order valence-electron chi connectivity index (χ2n) is 4.35. The molecule has 1 heterocycles. The molecule has 0 aromatic heterocycles. The first-order valence-corrected chi connectivity index (χ1v) is 6.22. The van der Waals surface area contributed by atoms with Gasteiger partial charge in [0.25, 0.3) is 0 Å². The van der Waals surface area contributed by atoms with E-state index in [0.717, 1.165) is 0 Å². The lowest BCUT2D eigenvalue weighted by molar-refractivity contribution is -0.144. The molecule has 112 valence electrons. The highest BCUT2D eigenvalue weighted by molar-refractivity contribution is 5.97. The fourth-order valence-corrected chi connectivity index (χ4v) is 1.81. The Kier molecular flexibility index (Phi) is 5.95. The summed E-state index contributed by atoms with van der Waals surface area (Å²) in [7, 11) is 2.51. The third-order valence-corrected chi connectivity index (χ3v) is 3.00.